The van der Waals surface area contributed by atoms with E-state index in [1.165, 1.54) is 17.2 Å². The molecular weight excluding hydrogens is 470 g/mol. The molecule has 0 atom stereocenters. The highest BCUT2D eigenvalue weighted by Gasteiger charge is 2.18. The minimum absolute atomic E-state index is 0.0973. The maximum atomic E-state index is 11.3. The van der Waals surface area contributed by atoms with E-state index in [9.17, 15) is 4.79 Å². The third-order valence-electron chi connectivity index (χ3n) is 6.87. The van der Waals surface area contributed by atoms with Gasteiger partial charge >= 0.3 is 5.97 Å². The van der Waals surface area contributed by atoms with Gasteiger partial charge in [-0.3, -0.25) is 0 Å². The lowest BCUT2D eigenvalue weighted by atomic mass is 9.85. The van der Waals surface area contributed by atoms with E-state index in [0.717, 1.165) is 46.1 Å². The van der Waals surface area contributed by atoms with Crippen LogP contribution in [0.2, 0.25) is 0 Å². The van der Waals surface area contributed by atoms with E-state index in [0.29, 0.717) is 13.2 Å². The van der Waals surface area contributed by atoms with Crippen molar-refractivity contribution in [2.45, 2.75) is 71.8 Å². The molecule has 0 saturated carbocycles. The third-order valence-corrected chi connectivity index (χ3v) is 6.87. The smallest absolute Gasteiger partial charge is 0.330 e. The summed E-state index contributed by atoms with van der Waals surface area (Å²) in [6.07, 6.45) is 2.73. The Morgan fingerprint density at radius 2 is 1.21 bits per heavy atom. The van der Waals surface area contributed by atoms with Crippen molar-refractivity contribution in [3.63, 3.8) is 0 Å². The Morgan fingerprint density at radius 1 is 0.763 bits per heavy atom. The molecular formula is C33H39N3O2. The van der Waals surface area contributed by atoms with E-state index >= 15 is 0 Å². The quantitative estimate of drug-likeness (QED) is 0.138. The van der Waals surface area contributed by atoms with Gasteiger partial charge in [0.1, 0.15) is 11.0 Å². The van der Waals surface area contributed by atoms with Crippen LogP contribution in [0, 0.1) is 0 Å². The number of benzene rings is 3. The second-order valence-electron chi connectivity index (χ2n) is 11.9. The van der Waals surface area contributed by atoms with Crippen LogP contribution in [-0.2, 0) is 26.9 Å². The predicted octanol–water partition coefficient (Wildman–Crippen LogP) is 7.87. The largest absolute Gasteiger partial charge is 0.463 e. The van der Waals surface area contributed by atoms with Crippen LogP contribution < -0.4 is 0 Å². The lowest BCUT2D eigenvalue weighted by Crippen LogP contribution is -2.10. The molecule has 1 heterocycles. The van der Waals surface area contributed by atoms with Crippen molar-refractivity contribution < 1.29 is 9.53 Å². The minimum atomic E-state index is -0.391. The van der Waals surface area contributed by atoms with Gasteiger partial charge in [-0.25, -0.2) is 4.79 Å². The Hall–Kier alpha value is -3.73. The molecule has 0 unspecified atom stereocenters. The number of aromatic nitrogens is 3. The molecule has 1 aromatic heterocycles. The van der Waals surface area contributed by atoms with Crippen molar-refractivity contribution in [3.8, 4) is 22.3 Å². The monoisotopic (exact) mass is 509 g/mol. The van der Waals surface area contributed by atoms with Crippen LogP contribution in [0.1, 0.15) is 65.5 Å². The molecule has 0 amide bonds. The topological polar surface area (TPSA) is 57.0 Å². The summed E-state index contributed by atoms with van der Waals surface area (Å²) in [5, 5.41) is 9.87. The zero-order valence-electron chi connectivity index (χ0n) is 23.5. The molecule has 0 fully saturated rings. The van der Waals surface area contributed by atoms with Gasteiger partial charge in [0.15, 0.2) is 0 Å². The number of nitrogens with zero attached hydrogens (tertiary/aromatic N) is 3. The van der Waals surface area contributed by atoms with Crippen LogP contribution >= 0.6 is 0 Å². The molecule has 0 aliphatic rings. The average Bonchev–Trinajstić information content (AvgIpc) is 3.31. The fourth-order valence-electron chi connectivity index (χ4n) is 4.49. The highest BCUT2D eigenvalue weighted by molar-refractivity contribution is 6.00. The summed E-state index contributed by atoms with van der Waals surface area (Å²) >= 11 is 0. The number of carbonyl (C=O) groups is 1. The number of esters is 1. The van der Waals surface area contributed by atoms with Crippen molar-refractivity contribution in [2.75, 3.05) is 6.61 Å². The first-order valence-corrected chi connectivity index (χ1v) is 13.4. The van der Waals surface area contributed by atoms with Crippen LogP contribution in [0.15, 0.2) is 73.3 Å². The van der Waals surface area contributed by atoms with Gasteiger partial charge in [0.05, 0.1) is 13.2 Å². The summed E-state index contributed by atoms with van der Waals surface area (Å²) < 4.78 is 5.10. The number of rotatable bonds is 8. The highest BCUT2D eigenvalue weighted by Crippen LogP contribution is 2.35. The van der Waals surface area contributed by atoms with Gasteiger partial charge in [0.2, 0.25) is 0 Å². The maximum Gasteiger partial charge on any atom is 0.330 e. The van der Waals surface area contributed by atoms with Crippen molar-refractivity contribution in [1.29, 1.82) is 0 Å². The first-order valence-electron chi connectivity index (χ1n) is 13.4. The van der Waals surface area contributed by atoms with Crippen LogP contribution in [-0.4, -0.2) is 27.6 Å². The van der Waals surface area contributed by atoms with Crippen molar-refractivity contribution >= 4 is 17.0 Å². The number of hydrogen-bond donors (Lipinski definition) is 0. The second kappa shape index (κ2) is 10.9. The van der Waals surface area contributed by atoms with Gasteiger partial charge in [-0.05, 0) is 45.9 Å². The summed E-state index contributed by atoms with van der Waals surface area (Å²) in [4.78, 5) is 13.1. The molecule has 0 saturated heterocycles. The summed E-state index contributed by atoms with van der Waals surface area (Å²) in [6.45, 7) is 17.8. The molecule has 3 aromatic carbocycles. The lowest BCUT2D eigenvalue weighted by Gasteiger charge is -2.19. The zero-order chi connectivity index (χ0) is 27.5. The molecule has 0 bridgehead atoms. The molecule has 38 heavy (non-hydrogen) atoms. The molecule has 198 valence electrons. The van der Waals surface area contributed by atoms with E-state index in [-0.39, 0.29) is 10.8 Å². The van der Waals surface area contributed by atoms with Crippen molar-refractivity contribution in [2.24, 2.45) is 0 Å². The molecule has 0 spiro atoms. The van der Waals surface area contributed by atoms with Crippen LogP contribution in [0.5, 0.6) is 0 Å². The SMILES string of the molecule is C=CC(=O)OCCCCn1nc2c(-c3ccc(C(C)(C)C)cc3)ccc(-c3ccc(C(C)(C)C)cc3)c2n1. The Balaban J connectivity index is 1.70. The van der Waals surface area contributed by atoms with Crippen LogP contribution in [0.3, 0.4) is 0 Å². The maximum absolute atomic E-state index is 11.3. The standard InChI is InChI=1S/C33H39N3O2/c1-8-29(37)38-22-10-9-21-36-34-30-27(23-11-15-25(16-12-23)32(2,3)4)19-20-28(31(30)35-36)24-13-17-26(18-14-24)33(5,6)7/h8,11-20H,1,9-10,21-22H2,2-7H3. The van der Waals surface area contributed by atoms with Gasteiger partial charge in [-0.15, -0.1) is 0 Å². The normalized spacial score (nSPS) is 12.1. The predicted molar refractivity (Wildman–Crippen MR) is 156 cm³/mol. The van der Waals surface area contributed by atoms with Gasteiger partial charge in [-0.2, -0.15) is 15.0 Å². The number of fused-ring (bicyclic) bond motifs is 1. The Kier molecular flexibility index (Phi) is 7.86. The van der Waals surface area contributed by atoms with E-state index in [1.54, 1.807) is 4.80 Å². The molecule has 0 aliphatic heterocycles. The number of aryl methyl sites for hydroxylation is 1. The zero-order valence-corrected chi connectivity index (χ0v) is 23.5. The first-order chi connectivity index (χ1) is 18.0. The van der Waals surface area contributed by atoms with E-state index in [2.05, 4.69) is 109 Å². The van der Waals surface area contributed by atoms with Crippen molar-refractivity contribution in [1.82, 2.24) is 15.0 Å². The molecule has 4 aromatic rings. The molecule has 5 nitrogen and oxygen atoms in total. The van der Waals surface area contributed by atoms with E-state index in [4.69, 9.17) is 14.9 Å². The average molecular weight is 510 g/mol. The number of hydrogen-bond acceptors (Lipinski definition) is 4. The van der Waals surface area contributed by atoms with Gasteiger partial charge in [0, 0.05) is 17.2 Å². The molecule has 5 heteroatoms. The van der Waals surface area contributed by atoms with Crippen LogP contribution in [0.4, 0.5) is 0 Å². The summed E-state index contributed by atoms with van der Waals surface area (Å²) in [5.41, 5.74) is 8.97. The number of unbranched alkanes of at least 4 members (excludes halogenated alkanes) is 1. The second-order valence-corrected chi connectivity index (χ2v) is 11.9. The fraction of sp³-hybridized carbons (Fsp3) is 0.364. The summed E-state index contributed by atoms with van der Waals surface area (Å²) in [6, 6.07) is 21.9. The van der Waals surface area contributed by atoms with Crippen molar-refractivity contribution in [3.05, 3.63) is 84.4 Å². The Bertz CT molecular complexity index is 1320. The van der Waals surface area contributed by atoms with Gasteiger partial charge in [-0.1, -0.05) is 109 Å². The number of carbonyl (C=O) groups excluding carboxylic acids is 1. The van der Waals surface area contributed by atoms with Gasteiger partial charge in [0.25, 0.3) is 0 Å². The summed E-state index contributed by atoms with van der Waals surface area (Å²) in [7, 11) is 0. The minimum Gasteiger partial charge on any atom is -0.463 e. The fourth-order valence-corrected chi connectivity index (χ4v) is 4.49. The molecule has 0 N–H and O–H groups in total. The molecule has 0 radical (unpaired) electrons. The first kappa shape index (κ1) is 27.3. The lowest BCUT2D eigenvalue weighted by molar-refractivity contribution is -0.137. The third kappa shape index (κ3) is 6.21. The Morgan fingerprint density at radius 3 is 1.61 bits per heavy atom. The molecule has 4 rings (SSSR count). The van der Waals surface area contributed by atoms with Gasteiger partial charge < -0.3 is 4.74 Å². The van der Waals surface area contributed by atoms with E-state index in [1.807, 2.05) is 0 Å². The van der Waals surface area contributed by atoms with Crippen LogP contribution in [0.25, 0.3) is 33.3 Å². The number of ether oxygens (including phenoxy) is 1. The highest BCUT2D eigenvalue weighted by atomic mass is 16.5. The summed E-state index contributed by atoms with van der Waals surface area (Å²) in [5.74, 6) is -0.391. The van der Waals surface area contributed by atoms with E-state index < -0.39 is 5.97 Å². The molecule has 0 aliphatic carbocycles. The Labute approximate surface area is 226 Å².